The summed E-state index contributed by atoms with van der Waals surface area (Å²) in [5.74, 6) is 1.57. The normalized spacial score (nSPS) is 10.6. The molecule has 84 valence electrons. The van der Waals surface area contributed by atoms with Crippen LogP contribution in [0.3, 0.4) is 0 Å². The highest BCUT2D eigenvalue weighted by molar-refractivity contribution is 9.10. The highest BCUT2D eigenvalue weighted by atomic mass is 79.9. The van der Waals surface area contributed by atoms with Gasteiger partial charge in [0, 0.05) is 11.0 Å². The molecule has 0 saturated heterocycles. The van der Waals surface area contributed by atoms with Crippen LogP contribution in [0.25, 0.3) is 0 Å². The van der Waals surface area contributed by atoms with Gasteiger partial charge in [0.1, 0.15) is 5.76 Å². The van der Waals surface area contributed by atoms with Gasteiger partial charge in [0.15, 0.2) is 0 Å². The Morgan fingerprint density at radius 3 is 2.81 bits per heavy atom. The van der Waals surface area contributed by atoms with E-state index in [0.717, 1.165) is 22.7 Å². The van der Waals surface area contributed by atoms with Crippen molar-refractivity contribution in [1.29, 1.82) is 0 Å². The molecule has 0 fully saturated rings. The highest BCUT2D eigenvalue weighted by Gasteiger charge is 2.01. The molecule has 0 aliphatic rings. The smallest absolute Gasteiger partial charge is 0.208 e. The van der Waals surface area contributed by atoms with E-state index in [0.29, 0.717) is 6.54 Å². The van der Waals surface area contributed by atoms with Crippen molar-refractivity contribution >= 4 is 15.9 Å². The van der Waals surface area contributed by atoms with Crippen LogP contribution in [0.2, 0.25) is 0 Å². The van der Waals surface area contributed by atoms with Crippen molar-refractivity contribution in [3.63, 3.8) is 0 Å². The van der Waals surface area contributed by atoms with E-state index in [1.165, 1.54) is 5.56 Å². The van der Waals surface area contributed by atoms with E-state index in [1.807, 2.05) is 25.1 Å². The van der Waals surface area contributed by atoms with Gasteiger partial charge in [-0.2, -0.15) is 0 Å². The minimum Gasteiger partial charge on any atom is -0.445 e. The number of benzene rings is 1. The Hall–Kier alpha value is -1.13. The van der Waals surface area contributed by atoms with Crippen LogP contribution in [0.4, 0.5) is 0 Å². The van der Waals surface area contributed by atoms with E-state index >= 15 is 0 Å². The standard InChI is InChI=1S/C12H13BrN2O/c1-9-6-15-12(16-9)8-14-7-10-4-2-3-5-11(10)13/h2-6,14H,7-8H2,1H3. The van der Waals surface area contributed by atoms with Gasteiger partial charge in [-0.25, -0.2) is 4.98 Å². The first-order valence-electron chi connectivity index (χ1n) is 5.11. The molecule has 0 atom stereocenters. The van der Waals surface area contributed by atoms with Crippen molar-refractivity contribution in [2.45, 2.75) is 20.0 Å². The summed E-state index contributed by atoms with van der Waals surface area (Å²) in [5.41, 5.74) is 1.23. The molecule has 0 unspecified atom stereocenters. The Bertz CT molecular complexity index is 468. The molecule has 1 heterocycles. The molecule has 1 aromatic carbocycles. The van der Waals surface area contributed by atoms with Gasteiger partial charge in [-0.1, -0.05) is 34.1 Å². The maximum atomic E-state index is 5.37. The average molecular weight is 281 g/mol. The maximum absolute atomic E-state index is 5.37. The molecule has 0 aliphatic carbocycles. The lowest BCUT2D eigenvalue weighted by atomic mass is 10.2. The van der Waals surface area contributed by atoms with Gasteiger partial charge in [-0.15, -0.1) is 0 Å². The SMILES string of the molecule is Cc1cnc(CNCc2ccccc2Br)o1. The zero-order valence-corrected chi connectivity index (χ0v) is 10.6. The molecule has 2 aromatic rings. The average Bonchev–Trinajstić information content (AvgIpc) is 2.67. The second kappa shape index (κ2) is 5.27. The van der Waals surface area contributed by atoms with Crippen molar-refractivity contribution in [1.82, 2.24) is 10.3 Å². The fourth-order valence-electron chi connectivity index (χ4n) is 1.43. The van der Waals surface area contributed by atoms with E-state index in [-0.39, 0.29) is 0 Å². The predicted octanol–water partition coefficient (Wildman–Crippen LogP) is 3.04. The van der Waals surface area contributed by atoms with Crippen LogP contribution < -0.4 is 5.32 Å². The highest BCUT2D eigenvalue weighted by Crippen LogP contribution is 2.15. The number of hydrogen-bond acceptors (Lipinski definition) is 3. The van der Waals surface area contributed by atoms with Gasteiger partial charge in [-0.05, 0) is 18.6 Å². The number of nitrogens with one attached hydrogen (secondary N) is 1. The zero-order chi connectivity index (χ0) is 11.4. The van der Waals surface area contributed by atoms with Crippen LogP contribution in [-0.4, -0.2) is 4.98 Å². The van der Waals surface area contributed by atoms with Gasteiger partial charge in [-0.3, -0.25) is 0 Å². The molecule has 0 radical (unpaired) electrons. The molecule has 0 saturated carbocycles. The van der Waals surface area contributed by atoms with Crippen molar-refractivity contribution in [3.8, 4) is 0 Å². The Labute approximate surface area is 103 Å². The molecule has 3 nitrogen and oxygen atoms in total. The van der Waals surface area contributed by atoms with E-state index in [9.17, 15) is 0 Å². The van der Waals surface area contributed by atoms with Crippen LogP contribution in [0.5, 0.6) is 0 Å². The van der Waals surface area contributed by atoms with E-state index in [2.05, 4.69) is 32.3 Å². The third-order valence-electron chi connectivity index (χ3n) is 2.22. The minimum atomic E-state index is 0.648. The maximum Gasteiger partial charge on any atom is 0.208 e. The summed E-state index contributed by atoms with van der Waals surface area (Å²) < 4.78 is 6.48. The largest absolute Gasteiger partial charge is 0.445 e. The summed E-state index contributed by atoms with van der Waals surface area (Å²) in [6.07, 6.45) is 1.73. The first kappa shape index (κ1) is 11.4. The molecule has 2 rings (SSSR count). The van der Waals surface area contributed by atoms with Crippen molar-refractivity contribution in [2.75, 3.05) is 0 Å². The monoisotopic (exact) mass is 280 g/mol. The Morgan fingerprint density at radius 2 is 2.12 bits per heavy atom. The van der Waals surface area contributed by atoms with Gasteiger partial charge in [0.25, 0.3) is 0 Å². The first-order valence-corrected chi connectivity index (χ1v) is 5.90. The Kier molecular flexibility index (Phi) is 3.74. The number of hydrogen-bond donors (Lipinski definition) is 1. The van der Waals surface area contributed by atoms with Crippen LogP contribution in [0.15, 0.2) is 39.4 Å². The van der Waals surface area contributed by atoms with Crippen LogP contribution in [-0.2, 0) is 13.1 Å². The number of nitrogens with zero attached hydrogens (tertiary/aromatic N) is 1. The molecule has 0 aliphatic heterocycles. The van der Waals surface area contributed by atoms with Crippen LogP contribution in [0.1, 0.15) is 17.2 Å². The fourth-order valence-corrected chi connectivity index (χ4v) is 1.85. The summed E-state index contributed by atoms with van der Waals surface area (Å²) in [4.78, 5) is 4.13. The Balaban J connectivity index is 1.87. The van der Waals surface area contributed by atoms with E-state index in [4.69, 9.17) is 4.42 Å². The van der Waals surface area contributed by atoms with Gasteiger partial charge in [0.05, 0.1) is 12.7 Å². The van der Waals surface area contributed by atoms with Crippen molar-refractivity contribution in [2.24, 2.45) is 0 Å². The number of aryl methyl sites for hydroxylation is 1. The third kappa shape index (κ3) is 2.93. The minimum absolute atomic E-state index is 0.648. The zero-order valence-electron chi connectivity index (χ0n) is 9.03. The second-order valence-corrected chi connectivity index (χ2v) is 4.41. The Morgan fingerprint density at radius 1 is 1.31 bits per heavy atom. The molecular weight excluding hydrogens is 268 g/mol. The molecular formula is C12H13BrN2O. The van der Waals surface area contributed by atoms with Crippen LogP contribution >= 0.6 is 15.9 Å². The fraction of sp³-hybridized carbons (Fsp3) is 0.250. The van der Waals surface area contributed by atoms with Crippen molar-refractivity contribution in [3.05, 3.63) is 52.1 Å². The number of rotatable bonds is 4. The molecule has 1 N–H and O–H groups in total. The predicted molar refractivity (Wildman–Crippen MR) is 65.9 cm³/mol. The molecule has 0 bridgehead atoms. The van der Waals surface area contributed by atoms with Crippen LogP contribution in [0, 0.1) is 6.92 Å². The second-order valence-electron chi connectivity index (χ2n) is 3.56. The van der Waals surface area contributed by atoms with Gasteiger partial charge < -0.3 is 9.73 Å². The lowest BCUT2D eigenvalue weighted by Crippen LogP contribution is -2.13. The van der Waals surface area contributed by atoms with E-state index < -0.39 is 0 Å². The number of halogens is 1. The first-order chi connectivity index (χ1) is 7.75. The summed E-state index contributed by atoms with van der Waals surface area (Å²) in [6, 6.07) is 8.15. The lowest BCUT2D eigenvalue weighted by molar-refractivity contribution is 0.449. The summed E-state index contributed by atoms with van der Waals surface area (Å²) >= 11 is 3.51. The van der Waals surface area contributed by atoms with Crippen molar-refractivity contribution < 1.29 is 4.42 Å². The summed E-state index contributed by atoms with van der Waals surface area (Å²) in [5, 5.41) is 3.29. The molecule has 0 amide bonds. The number of oxazole rings is 1. The van der Waals surface area contributed by atoms with E-state index in [1.54, 1.807) is 6.20 Å². The molecule has 16 heavy (non-hydrogen) atoms. The quantitative estimate of drug-likeness (QED) is 0.936. The molecule has 1 aromatic heterocycles. The molecule has 4 heteroatoms. The third-order valence-corrected chi connectivity index (χ3v) is 2.99. The van der Waals surface area contributed by atoms with Gasteiger partial charge in [0.2, 0.25) is 5.89 Å². The summed E-state index contributed by atoms with van der Waals surface area (Å²) in [7, 11) is 0. The topological polar surface area (TPSA) is 38.1 Å². The molecule has 0 spiro atoms. The van der Waals surface area contributed by atoms with Gasteiger partial charge >= 0.3 is 0 Å². The summed E-state index contributed by atoms with van der Waals surface area (Å²) in [6.45, 7) is 3.34. The number of aromatic nitrogens is 1. The lowest BCUT2D eigenvalue weighted by Gasteiger charge is -2.04.